The smallest absolute Gasteiger partial charge is 0.338 e. The Balaban J connectivity index is 2.41. The predicted molar refractivity (Wildman–Crippen MR) is 101 cm³/mol. The van der Waals surface area contributed by atoms with Crippen molar-refractivity contribution in [2.24, 2.45) is 4.99 Å². The van der Waals surface area contributed by atoms with Gasteiger partial charge < -0.3 is 15.0 Å². The summed E-state index contributed by atoms with van der Waals surface area (Å²) in [5.74, 6) is -0.0811. The van der Waals surface area contributed by atoms with Crippen LogP contribution in [-0.2, 0) is 9.53 Å². The molecule has 0 saturated carbocycles. The summed E-state index contributed by atoms with van der Waals surface area (Å²) in [6.07, 6.45) is 0. The van der Waals surface area contributed by atoms with E-state index in [9.17, 15) is 4.79 Å². The van der Waals surface area contributed by atoms with Gasteiger partial charge in [0.15, 0.2) is 5.17 Å². The number of thioether (sulfide) groups is 1. The molecule has 0 amide bonds. The van der Waals surface area contributed by atoms with E-state index in [1.165, 1.54) is 11.8 Å². The third kappa shape index (κ3) is 4.54. The minimum Gasteiger partial charge on any atom is -0.463 e. The Bertz CT molecular complexity index is 732. The molecule has 2 rings (SSSR count). The van der Waals surface area contributed by atoms with Crippen LogP contribution in [0.25, 0.3) is 0 Å². The predicted octanol–water partition coefficient (Wildman–Crippen LogP) is 2.85. The molecule has 1 aromatic rings. The first kappa shape index (κ1) is 18.9. The van der Waals surface area contributed by atoms with E-state index in [4.69, 9.17) is 10.00 Å². The molecule has 0 aliphatic carbocycles. The van der Waals surface area contributed by atoms with Crippen molar-refractivity contribution in [3.63, 3.8) is 0 Å². The fraction of sp³-hybridized carbons (Fsp3) is 0.389. The molecular formula is C18H22N4O2S. The summed E-state index contributed by atoms with van der Waals surface area (Å²) in [6, 6.07) is 9.56. The topological polar surface area (TPSA) is 77.7 Å². The number of carbonyl (C=O) groups excluding carboxylic acids is 1. The molecule has 132 valence electrons. The van der Waals surface area contributed by atoms with E-state index >= 15 is 0 Å². The first-order valence-electron chi connectivity index (χ1n) is 7.97. The SMILES string of the molecule is CCOC(=O)C1=C(C)NC(SCC#N)=N[C@@H]1c1ccc(N(C)C)cc1. The fourth-order valence-electron chi connectivity index (χ4n) is 2.49. The van der Waals surface area contributed by atoms with Crippen LogP contribution in [0.4, 0.5) is 5.69 Å². The molecule has 0 spiro atoms. The second kappa shape index (κ2) is 8.58. The number of nitriles is 1. The van der Waals surface area contributed by atoms with Gasteiger partial charge in [0.25, 0.3) is 0 Å². The molecule has 1 N–H and O–H groups in total. The van der Waals surface area contributed by atoms with Crippen LogP contribution >= 0.6 is 11.8 Å². The number of benzene rings is 1. The van der Waals surface area contributed by atoms with Gasteiger partial charge in [-0.1, -0.05) is 23.9 Å². The van der Waals surface area contributed by atoms with Gasteiger partial charge >= 0.3 is 5.97 Å². The number of esters is 1. The van der Waals surface area contributed by atoms with E-state index in [2.05, 4.69) is 16.4 Å². The molecule has 6 nitrogen and oxygen atoms in total. The second-order valence-electron chi connectivity index (χ2n) is 5.65. The minimum atomic E-state index is -0.447. The van der Waals surface area contributed by atoms with E-state index in [1.54, 1.807) is 6.92 Å². The zero-order valence-electron chi connectivity index (χ0n) is 14.9. The lowest BCUT2D eigenvalue weighted by Crippen LogP contribution is -2.30. The highest BCUT2D eigenvalue weighted by molar-refractivity contribution is 8.14. The number of allylic oxidation sites excluding steroid dienone is 1. The molecule has 0 unspecified atom stereocenters. The lowest BCUT2D eigenvalue weighted by Gasteiger charge is -2.26. The molecule has 1 aromatic carbocycles. The maximum atomic E-state index is 12.4. The quantitative estimate of drug-likeness (QED) is 0.816. The van der Waals surface area contributed by atoms with E-state index in [1.807, 2.05) is 50.2 Å². The summed E-state index contributed by atoms with van der Waals surface area (Å²) in [7, 11) is 3.95. The Morgan fingerprint density at radius 3 is 2.64 bits per heavy atom. The number of nitrogens with one attached hydrogen (secondary N) is 1. The molecule has 0 radical (unpaired) electrons. The molecule has 0 aromatic heterocycles. The van der Waals surface area contributed by atoms with Crippen molar-refractivity contribution in [1.29, 1.82) is 5.26 Å². The Morgan fingerprint density at radius 1 is 1.40 bits per heavy atom. The van der Waals surface area contributed by atoms with Crippen LogP contribution < -0.4 is 10.2 Å². The van der Waals surface area contributed by atoms with E-state index < -0.39 is 6.04 Å². The van der Waals surface area contributed by atoms with Crippen molar-refractivity contribution >= 4 is 28.6 Å². The van der Waals surface area contributed by atoms with Gasteiger partial charge in [0, 0.05) is 25.5 Å². The number of anilines is 1. The molecule has 1 aliphatic heterocycles. The summed E-state index contributed by atoms with van der Waals surface area (Å²) in [4.78, 5) is 19.1. The van der Waals surface area contributed by atoms with Gasteiger partial charge in [-0.15, -0.1) is 0 Å². The van der Waals surface area contributed by atoms with Crippen LogP contribution in [0.15, 0.2) is 40.5 Å². The van der Waals surface area contributed by atoms with Gasteiger partial charge in [-0.3, -0.25) is 0 Å². The van der Waals surface area contributed by atoms with Crippen LogP contribution in [0.5, 0.6) is 0 Å². The number of rotatable bonds is 5. The average Bonchev–Trinajstić information content (AvgIpc) is 2.59. The lowest BCUT2D eigenvalue weighted by atomic mass is 9.96. The molecule has 1 heterocycles. The summed E-state index contributed by atoms with van der Waals surface area (Å²) >= 11 is 1.32. The highest BCUT2D eigenvalue weighted by atomic mass is 32.2. The van der Waals surface area contributed by atoms with Crippen molar-refractivity contribution in [3.05, 3.63) is 41.1 Å². The summed E-state index contributed by atoms with van der Waals surface area (Å²) in [5.41, 5.74) is 3.18. The highest BCUT2D eigenvalue weighted by Gasteiger charge is 2.30. The van der Waals surface area contributed by atoms with Crippen molar-refractivity contribution in [1.82, 2.24) is 5.32 Å². The monoisotopic (exact) mass is 358 g/mol. The van der Waals surface area contributed by atoms with Crippen LogP contribution in [0, 0.1) is 11.3 Å². The minimum absolute atomic E-state index is 0.292. The number of amidine groups is 1. The summed E-state index contributed by atoms with van der Waals surface area (Å²) in [5, 5.41) is 12.5. The molecule has 0 saturated heterocycles. The second-order valence-corrected chi connectivity index (χ2v) is 6.62. The van der Waals surface area contributed by atoms with Gasteiger partial charge in [0.2, 0.25) is 0 Å². The summed E-state index contributed by atoms with van der Waals surface area (Å²) in [6.45, 7) is 3.92. The van der Waals surface area contributed by atoms with Crippen molar-refractivity contribution in [2.45, 2.75) is 19.9 Å². The molecular weight excluding hydrogens is 336 g/mol. The average molecular weight is 358 g/mol. The maximum absolute atomic E-state index is 12.4. The van der Waals surface area contributed by atoms with Crippen LogP contribution in [0.1, 0.15) is 25.5 Å². The number of hydrogen-bond donors (Lipinski definition) is 1. The highest BCUT2D eigenvalue weighted by Crippen LogP contribution is 2.33. The fourth-order valence-corrected chi connectivity index (χ4v) is 3.10. The normalized spacial score (nSPS) is 16.6. The number of hydrogen-bond acceptors (Lipinski definition) is 7. The Hall–Kier alpha value is -2.46. The number of carbonyl (C=O) groups is 1. The van der Waals surface area contributed by atoms with Crippen LogP contribution in [-0.4, -0.2) is 37.6 Å². The number of nitrogens with zero attached hydrogens (tertiary/aromatic N) is 3. The molecule has 7 heteroatoms. The molecule has 1 aliphatic rings. The lowest BCUT2D eigenvalue weighted by molar-refractivity contribution is -0.138. The molecule has 25 heavy (non-hydrogen) atoms. The zero-order chi connectivity index (χ0) is 18.4. The maximum Gasteiger partial charge on any atom is 0.338 e. The van der Waals surface area contributed by atoms with Gasteiger partial charge in [0.1, 0.15) is 6.04 Å². The number of aliphatic imine (C=N–C) groups is 1. The molecule has 0 bridgehead atoms. The van der Waals surface area contributed by atoms with Gasteiger partial charge in [-0.05, 0) is 31.5 Å². The van der Waals surface area contributed by atoms with Crippen molar-refractivity contribution in [3.8, 4) is 6.07 Å². The van der Waals surface area contributed by atoms with E-state index in [-0.39, 0.29) is 5.97 Å². The third-order valence-electron chi connectivity index (χ3n) is 3.71. The standard InChI is InChI=1S/C18H22N4O2S/c1-5-24-17(23)15-12(2)20-18(25-11-10-19)21-16(15)13-6-8-14(9-7-13)22(3)4/h6-9,16H,5,11H2,1-4H3,(H,20,21)/t16-/m1/s1. The Morgan fingerprint density at radius 2 is 2.08 bits per heavy atom. The Labute approximate surface area is 152 Å². The summed E-state index contributed by atoms with van der Waals surface area (Å²) < 4.78 is 5.21. The van der Waals surface area contributed by atoms with Crippen LogP contribution in [0.3, 0.4) is 0 Å². The largest absolute Gasteiger partial charge is 0.463 e. The molecule has 0 fully saturated rings. The van der Waals surface area contributed by atoms with E-state index in [0.29, 0.717) is 28.8 Å². The van der Waals surface area contributed by atoms with Crippen molar-refractivity contribution < 1.29 is 9.53 Å². The van der Waals surface area contributed by atoms with E-state index in [0.717, 1.165) is 11.3 Å². The van der Waals surface area contributed by atoms with Crippen LogP contribution in [0.2, 0.25) is 0 Å². The molecule has 1 atom stereocenters. The van der Waals surface area contributed by atoms with Gasteiger partial charge in [-0.2, -0.15) is 5.26 Å². The van der Waals surface area contributed by atoms with Gasteiger partial charge in [-0.25, -0.2) is 9.79 Å². The number of ether oxygens (including phenoxy) is 1. The first-order chi connectivity index (χ1) is 12.0. The van der Waals surface area contributed by atoms with Gasteiger partial charge in [0.05, 0.1) is 24.0 Å². The Kier molecular flexibility index (Phi) is 6.48. The zero-order valence-corrected chi connectivity index (χ0v) is 15.7. The van der Waals surface area contributed by atoms with Crippen molar-refractivity contribution in [2.75, 3.05) is 31.4 Å². The first-order valence-corrected chi connectivity index (χ1v) is 8.96. The third-order valence-corrected chi connectivity index (χ3v) is 4.47.